The van der Waals surface area contributed by atoms with Crippen molar-refractivity contribution >= 4 is 17.8 Å². The lowest BCUT2D eigenvalue weighted by molar-refractivity contribution is -0.150. The number of carbonyl (C=O) groups excluding carboxylic acids is 3. The molecule has 6 rings (SSSR count). The third kappa shape index (κ3) is 2.52. The minimum absolute atomic E-state index is 0.112. The summed E-state index contributed by atoms with van der Waals surface area (Å²) in [6.45, 7) is 1.89. The summed E-state index contributed by atoms with van der Waals surface area (Å²) in [5.74, 6) is 1.03. The van der Waals surface area contributed by atoms with Crippen LogP contribution in [0.25, 0.3) is 0 Å². The van der Waals surface area contributed by atoms with Crippen molar-refractivity contribution in [1.29, 1.82) is 0 Å². The number of nitrogens with zero attached hydrogens (tertiary/aromatic N) is 4. The molecule has 1 aromatic rings. The number of hydrogen-bond donors (Lipinski definition) is 0. The Labute approximate surface area is 157 Å². The first-order chi connectivity index (χ1) is 13.0. The standard InChI is InChI=1S/C19H24N4O4/c1-2-3-15-20-14(21-27-15)10-22-16(24)17(25)23(18(22)26)19-7-11-4-12(8-19)6-13(5-11)9-19/h11-13H,2-10H2,1H3. The lowest BCUT2D eigenvalue weighted by atomic mass is 9.52. The van der Waals surface area contributed by atoms with Crippen LogP contribution in [-0.2, 0) is 22.6 Å². The van der Waals surface area contributed by atoms with Crippen molar-refractivity contribution in [2.45, 2.75) is 70.4 Å². The van der Waals surface area contributed by atoms with Crippen molar-refractivity contribution in [2.24, 2.45) is 17.8 Å². The second-order valence-electron chi connectivity index (χ2n) is 8.81. The first kappa shape index (κ1) is 16.9. The Bertz CT molecular complexity index is 781. The van der Waals surface area contributed by atoms with Crippen LogP contribution in [0.4, 0.5) is 4.79 Å². The van der Waals surface area contributed by atoms with Gasteiger partial charge in [0.1, 0.15) is 0 Å². The molecule has 0 atom stereocenters. The summed E-state index contributed by atoms with van der Waals surface area (Å²) in [6, 6.07) is -0.506. The average Bonchev–Trinajstić information content (AvgIpc) is 3.13. The van der Waals surface area contributed by atoms with E-state index in [4.69, 9.17) is 4.52 Å². The van der Waals surface area contributed by atoms with Gasteiger partial charge in [-0.05, 0) is 62.7 Å². The maximum absolute atomic E-state index is 13.1. The molecule has 27 heavy (non-hydrogen) atoms. The highest BCUT2D eigenvalue weighted by atomic mass is 16.5. The predicted octanol–water partition coefficient (Wildman–Crippen LogP) is 2.28. The SMILES string of the molecule is CCCc1nc(CN2C(=O)C(=O)N(C34CC5CC(CC(C5)C3)C4)C2=O)no1. The highest BCUT2D eigenvalue weighted by molar-refractivity contribution is 6.44. The van der Waals surface area contributed by atoms with Crippen molar-refractivity contribution in [3.05, 3.63) is 11.7 Å². The Morgan fingerprint density at radius 2 is 1.67 bits per heavy atom. The van der Waals surface area contributed by atoms with Gasteiger partial charge in [-0.3, -0.25) is 9.59 Å². The monoisotopic (exact) mass is 372 g/mol. The lowest BCUT2D eigenvalue weighted by Crippen LogP contribution is -2.61. The van der Waals surface area contributed by atoms with Gasteiger partial charge in [-0.2, -0.15) is 4.98 Å². The molecule has 0 N–H and O–H groups in total. The minimum Gasteiger partial charge on any atom is -0.339 e. The number of hydrogen-bond acceptors (Lipinski definition) is 6. The number of aromatic nitrogens is 2. The summed E-state index contributed by atoms with van der Waals surface area (Å²) in [6.07, 6.45) is 7.67. The van der Waals surface area contributed by atoms with Gasteiger partial charge in [0.25, 0.3) is 0 Å². The van der Waals surface area contributed by atoms with Crippen LogP contribution in [0.2, 0.25) is 0 Å². The first-order valence-corrected chi connectivity index (χ1v) is 10.0. The lowest BCUT2D eigenvalue weighted by Gasteiger charge is -2.58. The van der Waals surface area contributed by atoms with Crippen LogP contribution in [0.15, 0.2) is 4.52 Å². The quantitative estimate of drug-likeness (QED) is 0.581. The molecule has 5 fully saturated rings. The van der Waals surface area contributed by atoms with E-state index in [9.17, 15) is 14.4 Å². The van der Waals surface area contributed by atoms with Gasteiger partial charge in [0.05, 0.1) is 12.1 Å². The fourth-order valence-corrected chi connectivity index (χ4v) is 6.21. The summed E-state index contributed by atoms with van der Waals surface area (Å²) in [4.78, 5) is 45.0. The molecule has 144 valence electrons. The van der Waals surface area contributed by atoms with Gasteiger partial charge >= 0.3 is 17.8 Å². The first-order valence-electron chi connectivity index (χ1n) is 10.0. The second kappa shape index (κ2) is 5.87. The number of urea groups is 1. The summed E-state index contributed by atoms with van der Waals surface area (Å²) >= 11 is 0. The molecule has 1 aliphatic heterocycles. The van der Waals surface area contributed by atoms with Crippen molar-refractivity contribution in [2.75, 3.05) is 0 Å². The zero-order valence-corrected chi connectivity index (χ0v) is 15.5. The smallest absolute Gasteiger partial charge is 0.335 e. The Balaban J connectivity index is 1.40. The van der Waals surface area contributed by atoms with E-state index < -0.39 is 23.4 Å². The van der Waals surface area contributed by atoms with E-state index in [0.29, 0.717) is 30.1 Å². The molecule has 0 aromatic carbocycles. The van der Waals surface area contributed by atoms with Crippen molar-refractivity contribution in [3.63, 3.8) is 0 Å². The largest absolute Gasteiger partial charge is 0.339 e. The van der Waals surface area contributed by atoms with Gasteiger partial charge in [0, 0.05) is 6.42 Å². The van der Waals surface area contributed by atoms with E-state index in [0.717, 1.165) is 30.6 Å². The Morgan fingerprint density at radius 3 is 2.26 bits per heavy atom. The molecule has 5 aliphatic rings. The second-order valence-corrected chi connectivity index (χ2v) is 8.81. The highest BCUT2D eigenvalue weighted by Crippen LogP contribution is 2.58. The third-order valence-electron chi connectivity index (χ3n) is 6.81. The number of imide groups is 2. The molecule has 1 saturated heterocycles. The highest BCUT2D eigenvalue weighted by Gasteiger charge is 2.61. The Kier molecular flexibility index (Phi) is 3.67. The topological polar surface area (TPSA) is 96.6 Å². The van der Waals surface area contributed by atoms with E-state index in [2.05, 4.69) is 10.1 Å². The molecule has 0 unspecified atom stereocenters. The van der Waals surface area contributed by atoms with Crippen molar-refractivity contribution in [3.8, 4) is 0 Å². The number of aryl methyl sites for hydroxylation is 1. The summed E-state index contributed by atoms with van der Waals surface area (Å²) in [5.41, 5.74) is -0.460. The molecule has 8 heteroatoms. The van der Waals surface area contributed by atoms with Gasteiger partial charge in [0.2, 0.25) is 5.89 Å². The van der Waals surface area contributed by atoms with Crippen LogP contribution in [0, 0.1) is 17.8 Å². The van der Waals surface area contributed by atoms with Crippen molar-refractivity contribution < 1.29 is 18.9 Å². The van der Waals surface area contributed by atoms with Gasteiger partial charge < -0.3 is 4.52 Å². The molecular weight excluding hydrogens is 348 g/mol. The van der Waals surface area contributed by atoms with E-state index in [1.165, 1.54) is 24.2 Å². The average molecular weight is 372 g/mol. The molecule has 8 nitrogen and oxygen atoms in total. The van der Waals surface area contributed by atoms with Crippen LogP contribution in [0.1, 0.15) is 63.6 Å². The van der Waals surface area contributed by atoms with Gasteiger partial charge in [-0.25, -0.2) is 14.6 Å². The van der Waals surface area contributed by atoms with E-state index in [1.807, 2.05) is 6.92 Å². The number of rotatable bonds is 5. The van der Waals surface area contributed by atoms with Crippen LogP contribution in [0.3, 0.4) is 0 Å². The van der Waals surface area contributed by atoms with Gasteiger partial charge in [-0.1, -0.05) is 12.1 Å². The predicted molar refractivity (Wildman–Crippen MR) is 92.0 cm³/mol. The van der Waals surface area contributed by atoms with Gasteiger partial charge in [-0.15, -0.1) is 0 Å². The van der Waals surface area contributed by atoms with Crippen LogP contribution in [-0.4, -0.2) is 43.3 Å². The molecule has 0 radical (unpaired) electrons. The normalized spacial score (nSPS) is 35.0. The zero-order valence-electron chi connectivity index (χ0n) is 15.5. The molecule has 4 saturated carbocycles. The van der Waals surface area contributed by atoms with Crippen LogP contribution in [0.5, 0.6) is 0 Å². The van der Waals surface area contributed by atoms with Crippen LogP contribution >= 0.6 is 0 Å². The molecule has 2 heterocycles. The zero-order chi connectivity index (χ0) is 18.8. The fraction of sp³-hybridized carbons (Fsp3) is 0.737. The minimum atomic E-state index is -0.766. The summed E-state index contributed by atoms with van der Waals surface area (Å²) in [7, 11) is 0. The summed E-state index contributed by atoms with van der Waals surface area (Å²) < 4.78 is 5.13. The molecule has 1 aromatic heterocycles. The molecule has 4 amide bonds. The Morgan fingerprint density at radius 1 is 1.04 bits per heavy atom. The maximum atomic E-state index is 13.1. The summed E-state index contributed by atoms with van der Waals surface area (Å²) in [5, 5.41) is 3.85. The molecule has 0 spiro atoms. The van der Waals surface area contributed by atoms with Crippen molar-refractivity contribution in [1.82, 2.24) is 19.9 Å². The third-order valence-corrected chi connectivity index (χ3v) is 6.81. The maximum Gasteiger partial charge on any atom is 0.335 e. The number of carbonyl (C=O) groups is 3. The molecule has 4 aliphatic carbocycles. The van der Waals surface area contributed by atoms with Crippen LogP contribution < -0.4 is 0 Å². The fourth-order valence-electron chi connectivity index (χ4n) is 6.21. The number of amides is 4. The van der Waals surface area contributed by atoms with E-state index >= 15 is 0 Å². The Hall–Kier alpha value is -2.25. The van der Waals surface area contributed by atoms with E-state index in [1.54, 1.807) is 0 Å². The molecular formula is C19H24N4O4. The van der Waals surface area contributed by atoms with Gasteiger partial charge in [0.15, 0.2) is 5.82 Å². The van der Waals surface area contributed by atoms with E-state index in [-0.39, 0.29) is 12.4 Å². The molecule has 4 bridgehead atoms.